The first kappa shape index (κ1) is 27.4. The fourth-order valence-corrected chi connectivity index (χ4v) is 5.98. The molecule has 15 heteroatoms. The number of thiazole rings is 1. The predicted octanol–water partition coefficient (Wildman–Crippen LogP) is -1.52. The average Bonchev–Trinajstić information content (AvgIpc) is 3.64. The summed E-state index contributed by atoms with van der Waals surface area (Å²) in [6, 6.07) is 0.571. The maximum Gasteiger partial charge on any atom is 1.00 e. The van der Waals surface area contributed by atoms with Gasteiger partial charge in [0.05, 0.1) is 6.20 Å². The van der Waals surface area contributed by atoms with E-state index in [1.54, 1.807) is 23.6 Å². The van der Waals surface area contributed by atoms with Crippen LogP contribution in [0, 0.1) is 0 Å². The van der Waals surface area contributed by atoms with Crippen LogP contribution in [0.2, 0.25) is 0 Å². The van der Waals surface area contributed by atoms with Crippen LogP contribution in [0.1, 0.15) is 37.1 Å². The minimum absolute atomic E-state index is 0. The van der Waals surface area contributed by atoms with Gasteiger partial charge in [-0.15, -0.1) is 23.1 Å². The van der Waals surface area contributed by atoms with Crippen molar-refractivity contribution < 1.29 is 58.7 Å². The fraction of sp³-hybridized carbons (Fsp3) is 0.364. The second-order valence-corrected chi connectivity index (χ2v) is 10.2. The van der Waals surface area contributed by atoms with Gasteiger partial charge in [-0.3, -0.25) is 14.7 Å². The SMILES string of the molecule is Nc1nc(/C(=N/OC2CCCC2)C([O-])=NC2C(=O)N3C(C(=O)O)=C(/C=C/c4ccno4)CSC23)cs1.[Na+]. The van der Waals surface area contributed by atoms with E-state index in [4.69, 9.17) is 15.1 Å². The molecule has 188 valence electrons. The van der Waals surface area contributed by atoms with Crippen molar-refractivity contribution in [3.05, 3.63) is 46.4 Å². The Labute approximate surface area is 241 Å². The van der Waals surface area contributed by atoms with E-state index in [1.165, 1.54) is 18.0 Å². The Kier molecular flexibility index (Phi) is 8.75. The molecule has 4 heterocycles. The monoisotopic (exact) mass is 552 g/mol. The number of carboxylic acids is 1. The number of carbonyl (C=O) groups is 2. The first-order chi connectivity index (χ1) is 17.4. The summed E-state index contributed by atoms with van der Waals surface area (Å²) in [5, 5.41) is 31.7. The number of fused-ring (bicyclic) bond motifs is 1. The Morgan fingerprint density at radius 1 is 1.35 bits per heavy atom. The summed E-state index contributed by atoms with van der Waals surface area (Å²) >= 11 is 2.46. The number of aliphatic imine (C=N–C) groups is 1. The minimum atomic E-state index is -1.25. The maximum absolute atomic E-state index is 13.1. The van der Waals surface area contributed by atoms with Crippen molar-refractivity contribution >= 4 is 57.8 Å². The average molecular weight is 553 g/mol. The number of amides is 1. The van der Waals surface area contributed by atoms with Crippen LogP contribution in [-0.4, -0.2) is 66.9 Å². The van der Waals surface area contributed by atoms with Gasteiger partial charge in [0.1, 0.15) is 28.6 Å². The molecule has 2 fully saturated rings. The molecule has 3 aliphatic rings. The largest absolute Gasteiger partial charge is 1.00 e. The van der Waals surface area contributed by atoms with Crippen LogP contribution in [0.4, 0.5) is 5.13 Å². The third kappa shape index (κ3) is 5.77. The number of thioether (sulfide) groups is 1. The van der Waals surface area contributed by atoms with Crippen LogP contribution in [0.3, 0.4) is 0 Å². The molecule has 2 aromatic heterocycles. The number of oxime groups is 1. The van der Waals surface area contributed by atoms with E-state index >= 15 is 0 Å². The van der Waals surface area contributed by atoms with Crippen molar-refractivity contribution in [3.8, 4) is 0 Å². The Morgan fingerprint density at radius 2 is 2.14 bits per heavy atom. The van der Waals surface area contributed by atoms with Gasteiger partial charge in [0.25, 0.3) is 5.91 Å². The van der Waals surface area contributed by atoms with E-state index < -0.39 is 29.2 Å². The van der Waals surface area contributed by atoms with Gasteiger partial charge in [0.15, 0.2) is 16.9 Å². The van der Waals surface area contributed by atoms with E-state index in [2.05, 4.69) is 20.3 Å². The van der Waals surface area contributed by atoms with E-state index in [0.717, 1.165) is 41.9 Å². The van der Waals surface area contributed by atoms with Gasteiger partial charge >= 0.3 is 35.5 Å². The molecule has 2 unspecified atom stereocenters. The number of nitrogens with two attached hydrogens (primary N) is 1. The second-order valence-electron chi connectivity index (χ2n) is 8.24. The second kappa shape index (κ2) is 11.8. The van der Waals surface area contributed by atoms with Crippen LogP contribution in [0.5, 0.6) is 0 Å². The van der Waals surface area contributed by atoms with Crippen molar-refractivity contribution in [1.82, 2.24) is 15.0 Å². The van der Waals surface area contributed by atoms with Gasteiger partial charge in [-0.25, -0.2) is 9.78 Å². The number of nitrogens with zero attached hydrogens (tertiary/aromatic N) is 5. The van der Waals surface area contributed by atoms with Gasteiger partial charge in [0.2, 0.25) is 0 Å². The smallest absolute Gasteiger partial charge is 0.857 e. The molecule has 0 radical (unpaired) electrons. The van der Waals surface area contributed by atoms with Crippen molar-refractivity contribution in [2.75, 3.05) is 11.5 Å². The van der Waals surface area contributed by atoms with E-state index in [9.17, 15) is 19.8 Å². The number of hydrogen-bond donors (Lipinski definition) is 2. The summed E-state index contributed by atoms with van der Waals surface area (Å²) in [4.78, 5) is 39.9. The van der Waals surface area contributed by atoms with Crippen molar-refractivity contribution in [2.24, 2.45) is 10.1 Å². The predicted molar refractivity (Wildman–Crippen MR) is 131 cm³/mol. The number of nitrogen functional groups attached to an aromatic ring is 1. The van der Waals surface area contributed by atoms with Crippen LogP contribution in [0.15, 0.2) is 49.7 Å². The van der Waals surface area contributed by atoms with Crippen molar-refractivity contribution in [2.45, 2.75) is 43.2 Å². The zero-order valence-corrected chi connectivity index (χ0v) is 23.4. The summed E-state index contributed by atoms with van der Waals surface area (Å²) in [6.45, 7) is 0. The summed E-state index contributed by atoms with van der Waals surface area (Å²) in [5.74, 6) is -1.86. The molecule has 1 amide bonds. The molecule has 1 aliphatic carbocycles. The molecule has 37 heavy (non-hydrogen) atoms. The van der Waals surface area contributed by atoms with E-state index in [0.29, 0.717) is 17.1 Å². The van der Waals surface area contributed by atoms with E-state index in [-0.39, 0.29) is 57.9 Å². The molecule has 5 rings (SSSR count). The first-order valence-corrected chi connectivity index (χ1v) is 13.1. The van der Waals surface area contributed by atoms with Crippen molar-refractivity contribution in [3.63, 3.8) is 0 Å². The zero-order chi connectivity index (χ0) is 25.2. The van der Waals surface area contributed by atoms with Gasteiger partial charge in [-0.1, -0.05) is 16.4 Å². The zero-order valence-electron chi connectivity index (χ0n) is 19.8. The number of carbonyl (C=O) groups excluding carboxylic acids is 1. The molecule has 1 saturated carbocycles. The molecule has 2 aliphatic heterocycles. The molecule has 0 bridgehead atoms. The first-order valence-electron chi connectivity index (χ1n) is 11.1. The third-order valence-corrected chi connectivity index (χ3v) is 7.86. The van der Waals surface area contributed by atoms with Crippen molar-refractivity contribution in [1.29, 1.82) is 0 Å². The van der Waals surface area contributed by atoms with Crippen LogP contribution < -0.4 is 40.4 Å². The third-order valence-electron chi connectivity index (χ3n) is 5.90. The summed E-state index contributed by atoms with van der Waals surface area (Å²) < 4.78 is 5.00. The Balaban J connectivity index is 0.00000320. The summed E-state index contributed by atoms with van der Waals surface area (Å²) in [6.07, 6.45) is 8.26. The fourth-order valence-electron chi connectivity index (χ4n) is 4.13. The van der Waals surface area contributed by atoms with Gasteiger partial charge < -0.3 is 25.3 Å². The standard InChI is InChI=1S/C22H22N6O6S2.Na/c23-22-25-14(10-36-22)15(27-34-12-3-1-2-4-12)18(29)26-16-19(30)28-17(21(31)32)11(9-35-20(16)28)5-6-13-7-8-24-33-13;/h5-8,10,12,16,20H,1-4,9H2,(H2,23,25)(H,26,29)(H,31,32);/q;+1/p-1/b6-5+,27-15-;. The number of hydrogen-bond acceptors (Lipinski definition) is 12. The number of aromatic nitrogens is 2. The molecule has 0 aromatic carbocycles. The number of carboxylic acid groups (broad SMARTS) is 1. The van der Waals surface area contributed by atoms with Gasteiger partial charge in [-0.05, 0) is 37.3 Å². The van der Waals surface area contributed by atoms with Gasteiger partial charge in [-0.2, -0.15) is 0 Å². The molecule has 1 saturated heterocycles. The number of allylic oxidation sites excluding steroid dienone is 1. The summed E-state index contributed by atoms with van der Waals surface area (Å²) in [7, 11) is 0. The number of rotatable bonds is 8. The normalized spacial score (nSPS) is 22.7. The molecule has 2 atom stereocenters. The Morgan fingerprint density at radius 3 is 2.78 bits per heavy atom. The number of aliphatic carboxylic acids is 1. The topological polar surface area (TPSA) is 180 Å². The quantitative estimate of drug-likeness (QED) is 0.128. The molecule has 3 N–H and O–H groups in total. The Bertz CT molecular complexity index is 1280. The van der Waals surface area contributed by atoms with Crippen LogP contribution in [0.25, 0.3) is 6.08 Å². The molecule has 12 nitrogen and oxygen atoms in total. The molecular formula is C22H21N6NaO6S2. The number of β-lactam (4-membered cyclic amide) rings is 1. The maximum atomic E-state index is 13.1. The molecular weight excluding hydrogens is 531 g/mol. The van der Waals surface area contributed by atoms with Crippen LogP contribution >= 0.6 is 23.1 Å². The number of anilines is 1. The minimum Gasteiger partial charge on any atom is -0.857 e. The van der Waals surface area contributed by atoms with E-state index in [1.807, 2.05) is 0 Å². The van der Waals surface area contributed by atoms with Gasteiger partial charge in [0, 0.05) is 23.1 Å². The summed E-state index contributed by atoms with van der Waals surface area (Å²) in [5.41, 5.74) is 6.09. The molecule has 2 aromatic rings. The Hall–Kier alpha value is -2.65. The molecule has 0 spiro atoms. The van der Waals surface area contributed by atoms with Crippen LogP contribution in [-0.2, 0) is 14.4 Å².